The number of aromatic nitrogens is 4. The smallest absolute Gasteiger partial charge is 0.340 e. The third-order valence-corrected chi connectivity index (χ3v) is 6.40. The van der Waals surface area contributed by atoms with Crippen molar-refractivity contribution in [2.45, 2.75) is 64.6 Å². The van der Waals surface area contributed by atoms with Crippen LogP contribution in [0.25, 0.3) is 5.78 Å². The molecule has 30 heavy (non-hydrogen) atoms. The Morgan fingerprint density at radius 1 is 1.07 bits per heavy atom. The van der Waals surface area contributed by atoms with Gasteiger partial charge in [-0.15, -0.1) is 5.10 Å². The molecule has 0 spiro atoms. The Morgan fingerprint density at radius 2 is 1.73 bits per heavy atom. The zero-order chi connectivity index (χ0) is 21.5. The highest BCUT2D eigenvalue weighted by Crippen LogP contribution is 2.27. The number of hydrogen-bond acceptors (Lipinski definition) is 5. The fourth-order valence-corrected chi connectivity index (χ4v) is 4.69. The number of rotatable bonds is 4. The van der Waals surface area contributed by atoms with E-state index in [0.717, 1.165) is 36.3 Å². The first kappa shape index (κ1) is 21.0. The number of carbonyl (C=O) groups excluding carboxylic acids is 1. The largest absolute Gasteiger partial charge is 0.453 e. The molecule has 1 aliphatic carbocycles. The molecule has 0 atom stereocenters. The number of piperazine rings is 1. The van der Waals surface area contributed by atoms with Gasteiger partial charge in [-0.3, -0.25) is 9.69 Å². The van der Waals surface area contributed by atoms with Crippen LogP contribution < -0.4 is 0 Å². The number of hydrogen-bond donors (Lipinski definition) is 0. The molecule has 10 heteroatoms. The molecule has 2 fully saturated rings. The van der Waals surface area contributed by atoms with Crippen LogP contribution in [-0.4, -0.2) is 67.5 Å². The van der Waals surface area contributed by atoms with Crippen LogP contribution >= 0.6 is 0 Å². The summed E-state index contributed by atoms with van der Waals surface area (Å²) in [5.41, 5.74) is 1.87. The fourth-order valence-electron chi connectivity index (χ4n) is 4.69. The van der Waals surface area contributed by atoms with E-state index in [0.29, 0.717) is 30.3 Å². The Labute approximate surface area is 173 Å². The molecule has 1 saturated heterocycles. The van der Waals surface area contributed by atoms with Crippen LogP contribution in [0.1, 0.15) is 54.9 Å². The average molecular weight is 424 g/mol. The van der Waals surface area contributed by atoms with Crippen molar-refractivity contribution in [1.82, 2.24) is 29.4 Å². The maximum atomic E-state index is 12.9. The Hall–Kier alpha value is -2.23. The zero-order valence-corrected chi connectivity index (χ0v) is 17.4. The molecule has 0 N–H and O–H groups in total. The molecule has 1 saturated carbocycles. The van der Waals surface area contributed by atoms with Crippen molar-refractivity contribution in [1.29, 1.82) is 0 Å². The van der Waals surface area contributed by atoms with Gasteiger partial charge >= 0.3 is 6.18 Å². The first-order valence-corrected chi connectivity index (χ1v) is 10.6. The van der Waals surface area contributed by atoms with Gasteiger partial charge in [0.25, 0.3) is 11.6 Å². The monoisotopic (exact) mass is 424 g/mol. The van der Waals surface area contributed by atoms with E-state index in [9.17, 15) is 18.0 Å². The summed E-state index contributed by atoms with van der Waals surface area (Å²) < 4.78 is 39.9. The van der Waals surface area contributed by atoms with Crippen molar-refractivity contribution in [3.8, 4) is 0 Å². The lowest BCUT2D eigenvalue weighted by atomic mass is 10.1. The van der Waals surface area contributed by atoms with Gasteiger partial charge in [0.2, 0.25) is 5.91 Å². The maximum absolute atomic E-state index is 12.9. The molecule has 164 valence electrons. The third kappa shape index (κ3) is 4.14. The lowest BCUT2D eigenvalue weighted by molar-refractivity contribution is -0.144. The summed E-state index contributed by atoms with van der Waals surface area (Å²) in [6.45, 7) is 6.74. The van der Waals surface area contributed by atoms with Gasteiger partial charge in [-0.2, -0.15) is 18.2 Å². The van der Waals surface area contributed by atoms with Gasteiger partial charge in [0, 0.05) is 50.0 Å². The van der Waals surface area contributed by atoms with Gasteiger partial charge < -0.3 is 4.90 Å². The number of nitrogens with zero attached hydrogens (tertiary/aromatic N) is 6. The Bertz CT molecular complexity index is 927. The minimum Gasteiger partial charge on any atom is -0.340 e. The number of alkyl halides is 3. The molecule has 7 nitrogen and oxygen atoms in total. The van der Waals surface area contributed by atoms with Crippen LogP contribution in [0, 0.1) is 13.8 Å². The molecule has 0 aromatic carbocycles. The van der Waals surface area contributed by atoms with E-state index in [1.54, 1.807) is 13.8 Å². The molecule has 0 unspecified atom stereocenters. The van der Waals surface area contributed by atoms with Gasteiger partial charge in [0.1, 0.15) is 0 Å². The van der Waals surface area contributed by atoms with Crippen LogP contribution in [0.2, 0.25) is 0 Å². The first-order chi connectivity index (χ1) is 14.2. The van der Waals surface area contributed by atoms with Crippen molar-refractivity contribution in [2.75, 3.05) is 26.2 Å². The summed E-state index contributed by atoms with van der Waals surface area (Å²) >= 11 is 0. The van der Waals surface area contributed by atoms with Crippen molar-refractivity contribution >= 4 is 11.7 Å². The van der Waals surface area contributed by atoms with Crippen LogP contribution in [0.3, 0.4) is 0 Å². The highest BCUT2D eigenvalue weighted by atomic mass is 19.4. The highest BCUT2D eigenvalue weighted by molar-refractivity contribution is 5.76. The molecule has 1 aliphatic heterocycles. The average Bonchev–Trinajstić information content (AvgIpc) is 3.37. The van der Waals surface area contributed by atoms with Crippen molar-refractivity contribution < 1.29 is 18.0 Å². The number of aryl methyl sites for hydroxylation is 2. The van der Waals surface area contributed by atoms with Gasteiger partial charge in [0.15, 0.2) is 0 Å². The van der Waals surface area contributed by atoms with E-state index in [1.165, 1.54) is 25.7 Å². The first-order valence-electron chi connectivity index (χ1n) is 10.6. The Kier molecular flexibility index (Phi) is 5.69. The van der Waals surface area contributed by atoms with E-state index in [2.05, 4.69) is 20.0 Å². The van der Waals surface area contributed by atoms with E-state index >= 15 is 0 Å². The summed E-state index contributed by atoms with van der Waals surface area (Å²) in [6.07, 6.45) is 1.24. The molecule has 0 bridgehead atoms. The van der Waals surface area contributed by atoms with E-state index in [-0.39, 0.29) is 11.7 Å². The summed E-state index contributed by atoms with van der Waals surface area (Å²) in [5.74, 6) is -1.20. The molecule has 2 aromatic heterocycles. The summed E-state index contributed by atoms with van der Waals surface area (Å²) in [7, 11) is 0. The van der Waals surface area contributed by atoms with E-state index < -0.39 is 12.0 Å². The topological polar surface area (TPSA) is 66.6 Å². The molecule has 4 rings (SSSR count). The van der Waals surface area contributed by atoms with Crippen LogP contribution in [-0.2, 0) is 17.4 Å². The summed E-state index contributed by atoms with van der Waals surface area (Å²) in [4.78, 5) is 24.8. The Balaban J connectivity index is 1.40. The van der Waals surface area contributed by atoms with Gasteiger partial charge in [-0.05, 0) is 38.7 Å². The second-order valence-electron chi connectivity index (χ2n) is 8.26. The van der Waals surface area contributed by atoms with Crippen LogP contribution in [0.15, 0.2) is 0 Å². The van der Waals surface area contributed by atoms with E-state index in [1.807, 2.05) is 4.90 Å². The van der Waals surface area contributed by atoms with Gasteiger partial charge in [-0.1, -0.05) is 12.8 Å². The number of carbonyl (C=O) groups is 1. The summed E-state index contributed by atoms with van der Waals surface area (Å²) in [6, 6.07) is 0.676. The molecule has 0 radical (unpaired) electrons. The van der Waals surface area contributed by atoms with Crippen LogP contribution in [0.4, 0.5) is 13.2 Å². The summed E-state index contributed by atoms with van der Waals surface area (Å²) in [5, 5.41) is 3.57. The molecule has 3 heterocycles. The number of amides is 1. The quantitative estimate of drug-likeness (QED) is 0.755. The van der Waals surface area contributed by atoms with Crippen molar-refractivity contribution in [3.05, 3.63) is 22.8 Å². The molecule has 2 aromatic rings. The normalized spacial score (nSPS) is 19.2. The highest BCUT2D eigenvalue weighted by Gasteiger charge is 2.37. The maximum Gasteiger partial charge on any atom is 0.453 e. The predicted octanol–water partition coefficient (Wildman–Crippen LogP) is 2.78. The molecule has 1 amide bonds. The SMILES string of the molecule is Cc1nc2nc(C(F)(F)F)nn2c(C)c1CCC(=O)N1CCN(C2CCCC2)CC1. The van der Waals surface area contributed by atoms with Crippen molar-refractivity contribution in [3.63, 3.8) is 0 Å². The Morgan fingerprint density at radius 3 is 2.37 bits per heavy atom. The van der Waals surface area contributed by atoms with E-state index in [4.69, 9.17) is 0 Å². The molecular formula is C20H27F3N6O. The lowest BCUT2D eigenvalue weighted by Gasteiger charge is -2.38. The second kappa shape index (κ2) is 8.13. The van der Waals surface area contributed by atoms with Gasteiger partial charge in [-0.25, -0.2) is 9.50 Å². The third-order valence-electron chi connectivity index (χ3n) is 6.40. The standard InChI is InChI=1S/C20H27F3N6O/c1-13-16(14(2)29-19(24-13)25-18(26-29)20(21,22)23)7-8-17(30)28-11-9-27(10-12-28)15-5-3-4-6-15/h15H,3-12H2,1-2H3. The van der Waals surface area contributed by atoms with Gasteiger partial charge in [0.05, 0.1) is 0 Å². The lowest BCUT2D eigenvalue weighted by Crippen LogP contribution is -2.51. The second-order valence-corrected chi connectivity index (χ2v) is 8.26. The zero-order valence-electron chi connectivity index (χ0n) is 17.4. The molecular weight excluding hydrogens is 397 g/mol. The number of halogens is 3. The van der Waals surface area contributed by atoms with Crippen molar-refractivity contribution in [2.24, 2.45) is 0 Å². The molecule has 2 aliphatic rings. The van der Waals surface area contributed by atoms with Crippen LogP contribution in [0.5, 0.6) is 0 Å². The minimum absolute atomic E-state index is 0.0737. The fraction of sp³-hybridized carbons (Fsp3) is 0.700. The minimum atomic E-state index is -4.62. The predicted molar refractivity (Wildman–Crippen MR) is 104 cm³/mol. The number of fused-ring (bicyclic) bond motifs is 1.